The van der Waals surface area contributed by atoms with Gasteiger partial charge in [0.05, 0.1) is 19.1 Å². The van der Waals surface area contributed by atoms with E-state index in [0.717, 1.165) is 23.1 Å². The molecule has 0 bridgehead atoms. The number of fused-ring (bicyclic) bond motifs is 1. The maximum absolute atomic E-state index is 13.2. The highest BCUT2D eigenvalue weighted by molar-refractivity contribution is 7.89. The van der Waals surface area contributed by atoms with Crippen LogP contribution in [0.5, 0.6) is 11.5 Å². The molecule has 2 aromatic rings. The van der Waals surface area contributed by atoms with Crippen LogP contribution in [0.3, 0.4) is 0 Å². The highest BCUT2D eigenvalue weighted by Gasteiger charge is 2.34. The second kappa shape index (κ2) is 7.29. The molecular formula is C20H25NO4S. The summed E-state index contributed by atoms with van der Waals surface area (Å²) in [6.45, 7) is 4.41. The molecule has 0 N–H and O–H groups in total. The summed E-state index contributed by atoms with van der Waals surface area (Å²) in [5.41, 5.74) is 3.18. The van der Waals surface area contributed by atoms with E-state index in [1.165, 1.54) is 0 Å². The van der Waals surface area contributed by atoms with Crippen LogP contribution in [0.1, 0.15) is 36.6 Å². The number of hydrogen-bond donors (Lipinski definition) is 0. The zero-order chi connectivity index (χ0) is 18.9. The fourth-order valence-corrected chi connectivity index (χ4v) is 5.09. The third-order valence-corrected chi connectivity index (χ3v) is 7.05. The largest absolute Gasteiger partial charge is 0.493 e. The van der Waals surface area contributed by atoms with E-state index in [1.807, 2.05) is 31.2 Å². The molecule has 6 heteroatoms. The minimum Gasteiger partial charge on any atom is -0.493 e. The second-order valence-corrected chi connectivity index (χ2v) is 8.34. The Bertz CT molecular complexity index is 891. The Labute approximate surface area is 155 Å². The Morgan fingerprint density at radius 1 is 1.08 bits per heavy atom. The van der Waals surface area contributed by atoms with Crippen LogP contribution >= 0.6 is 0 Å². The summed E-state index contributed by atoms with van der Waals surface area (Å²) >= 11 is 0. The Hall–Kier alpha value is -2.05. The van der Waals surface area contributed by atoms with Crippen LogP contribution in [-0.4, -0.2) is 33.5 Å². The molecule has 5 nitrogen and oxygen atoms in total. The summed E-state index contributed by atoms with van der Waals surface area (Å²) in [4.78, 5) is 0.338. The number of sulfonamides is 1. The first-order valence-electron chi connectivity index (χ1n) is 8.78. The van der Waals surface area contributed by atoms with Gasteiger partial charge in [0.1, 0.15) is 0 Å². The van der Waals surface area contributed by atoms with Crippen LogP contribution < -0.4 is 9.47 Å². The molecule has 0 aliphatic carbocycles. The van der Waals surface area contributed by atoms with Crippen molar-refractivity contribution in [1.82, 2.24) is 4.31 Å². The van der Waals surface area contributed by atoms with E-state index in [-0.39, 0.29) is 6.04 Å². The monoisotopic (exact) mass is 375 g/mol. The average Bonchev–Trinajstić information content (AvgIpc) is 2.67. The molecule has 0 saturated carbocycles. The van der Waals surface area contributed by atoms with Crippen LogP contribution in [0, 0.1) is 0 Å². The summed E-state index contributed by atoms with van der Waals surface area (Å²) in [5, 5.41) is 0. The Balaban J connectivity index is 1.98. The van der Waals surface area contributed by atoms with Crippen molar-refractivity contribution >= 4 is 10.0 Å². The van der Waals surface area contributed by atoms with Gasteiger partial charge in [-0.2, -0.15) is 4.31 Å². The molecule has 0 spiro atoms. The minimum atomic E-state index is -3.55. The predicted octanol–water partition coefficient (Wildman–Crippen LogP) is 3.57. The number of methoxy groups -OCH3 is 2. The second-order valence-electron chi connectivity index (χ2n) is 6.45. The van der Waals surface area contributed by atoms with Gasteiger partial charge in [-0.1, -0.05) is 19.1 Å². The molecule has 0 amide bonds. The van der Waals surface area contributed by atoms with Gasteiger partial charge in [-0.05, 0) is 60.7 Å². The lowest BCUT2D eigenvalue weighted by Crippen LogP contribution is -2.38. The molecule has 1 unspecified atom stereocenters. The van der Waals surface area contributed by atoms with Crippen molar-refractivity contribution in [3.8, 4) is 11.5 Å². The number of hydrogen-bond acceptors (Lipinski definition) is 4. The molecule has 1 aliphatic heterocycles. The quantitative estimate of drug-likeness (QED) is 0.802. The minimum absolute atomic E-state index is 0.269. The van der Waals surface area contributed by atoms with Gasteiger partial charge in [-0.15, -0.1) is 0 Å². The average molecular weight is 375 g/mol. The van der Waals surface area contributed by atoms with Crippen LogP contribution in [-0.2, 0) is 22.9 Å². The lowest BCUT2D eigenvalue weighted by atomic mass is 9.94. The maximum Gasteiger partial charge on any atom is 0.243 e. The lowest BCUT2D eigenvalue weighted by Gasteiger charge is -2.34. The van der Waals surface area contributed by atoms with Crippen molar-refractivity contribution < 1.29 is 17.9 Å². The molecule has 26 heavy (non-hydrogen) atoms. The van der Waals surface area contributed by atoms with Gasteiger partial charge in [-0.3, -0.25) is 0 Å². The van der Waals surface area contributed by atoms with Crippen LogP contribution in [0.15, 0.2) is 41.3 Å². The van der Waals surface area contributed by atoms with E-state index in [4.69, 9.17) is 9.47 Å². The first kappa shape index (κ1) is 18.7. The van der Waals surface area contributed by atoms with E-state index in [2.05, 4.69) is 6.92 Å². The first-order valence-corrected chi connectivity index (χ1v) is 10.2. The third kappa shape index (κ3) is 3.19. The highest BCUT2D eigenvalue weighted by Crippen LogP contribution is 2.39. The predicted molar refractivity (Wildman–Crippen MR) is 101 cm³/mol. The van der Waals surface area contributed by atoms with Gasteiger partial charge in [-0.25, -0.2) is 8.42 Å². The zero-order valence-electron chi connectivity index (χ0n) is 15.7. The smallest absolute Gasteiger partial charge is 0.243 e. The van der Waals surface area contributed by atoms with Gasteiger partial charge >= 0.3 is 0 Å². The van der Waals surface area contributed by atoms with Crippen LogP contribution in [0.25, 0.3) is 0 Å². The molecule has 2 aromatic carbocycles. The normalized spacial score (nSPS) is 17.6. The van der Waals surface area contributed by atoms with E-state index < -0.39 is 10.0 Å². The topological polar surface area (TPSA) is 55.8 Å². The Kier molecular flexibility index (Phi) is 5.25. The first-order chi connectivity index (χ1) is 12.4. The van der Waals surface area contributed by atoms with Crippen molar-refractivity contribution in [2.24, 2.45) is 0 Å². The van der Waals surface area contributed by atoms with Crippen molar-refractivity contribution in [1.29, 1.82) is 0 Å². The van der Waals surface area contributed by atoms with E-state index in [0.29, 0.717) is 29.4 Å². The fourth-order valence-electron chi connectivity index (χ4n) is 3.48. The maximum atomic E-state index is 13.2. The summed E-state index contributed by atoms with van der Waals surface area (Å²) in [6, 6.07) is 10.7. The zero-order valence-corrected chi connectivity index (χ0v) is 16.5. The molecule has 0 saturated heterocycles. The summed E-state index contributed by atoms with van der Waals surface area (Å²) in [6.07, 6.45) is 1.53. The third-order valence-electron chi connectivity index (χ3n) is 5.07. The van der Waals surface area contributed by atoms with Crippen LogP contribution in [0.4, 0.5) is 0 Å². The molecule has 0 radical (unpaired) electrons. The molecular weight excluding hydrogens is 350 g/mol. The van der Waals surface area contributed by atoms with E-state index >= 15 is 0 Å². The number of ether oxygens (including phenoxy) is 2. The Morgan fingerprint density at radius 2 is 1.69 bits per heavy atom. The van der Waals surface area contributed by atoms with E-state index in [1.54, 1.807) is 30.7 Å². The van der Waals surface area contributed by atoms with Gasteiger partial charge < -0.3 is 9.47 Å². The van der Waals surface area contributed by atoms with Crippen LogP contribution in [0.2, 0.25) is 0 Å². The van der Waals surface area contributed by atoms with Gasteiger partial charge in [0.25, 0.3) is 0 Å². The number of benzene rings is 2. The fraction of sp³-hybridized carbons (Fsp3) is 0.400. The van der Waals surface area contributed by atoms with Gasteiger partial charge in [0.2, 0.25) is 10.0 Å². The lowest BCUT2D eigenvalue weighted by molar-refractivity contribution is 0.319. The van der Waals surface area contributed by atoms with Crippen molar-refractivity contribution in [2.75, 3.05) is 20.8 Å². The summed E-state index contributed by atoms with van der Waals surface area (Å²) < 4.78 is 38.6. The van der Waals surface area contributed by atoms with Gasteiger partial charge in [0, 0.05) is 12.6 Å². The number of nitrogens with zero attached hydrogens (tertiary/aromatic N) is 1. The molecule has 140 valence electrons. The molecule has 1 aliphatic rings. The highest BCUT2D eigenvalue weighted by atomic mass is 32.2. The van der Waals surface area contributed by atoms with Crippen molar-refractivity contribution in [2.45, 2.75) is 37.6 Å². The number of aryl methyl sites for hydroxylation is 1. The Morgan fingerprint density at radius 3 is 2.27 bits per heavy atom. The summed E-state index contributed by atoms with van der Waals surface area (Å²) in [7, 11) is -0.364. The number of rotatable bonds is 5. The van der Waals surface area contributed by atoms with E-state index in [9.17, 15) is 8.42 Å². The molecule has 3 rings (SSSR count). The SMILES string of the molecule is CCc1ccc(S(=O)(=O)N2CCc3cc(OC)c(OC)cc3C2C)cc1. The molecule has 0 aromatic heterocycles. The summed E-state index contributed by atoms with van der Waals surface area (Å²) in [5.74, 6) is 1.29. The molecule has 1 atom stereocenters. The van der Waals surface area contributed by atoms with Crippen molar-refractivity contribution in [3.05, 3.63) is 53.1 Å². The standard InChI is InChI=1S/C20H25NO4S/c1-5-15-6-8-17(9-7-15)26(22,23)21-11-10-16-12-19(24-3)20(25-4)13-18(16)14(21)2/h6-9,12-14H,5,10-11H2,1-4H3. The molecule has 0 fully saturated rings. The van der Waals surface area contributed by atoms with Gasteiger partial charge in [0.15, 0.2) is 11.5 Å². The van der Waals surface area contributed by atoms with Crippen molar-refractivity contribution in [3.63, 3.8) is 0 Å². The molecule has 1 heterocycles.